The summed E-state index contributed by atoms with van der Waals surface area (Å²) < 4.78 is 1.71. The average Bonchev–Trinajstić information content (AvgIpc) is 2.59. The molecule has 0 unspecified atom stereocenters. The third-order valence-corrected chi connectivity index (χ3v) is 2.49. The maximum Gasteiger partial charge on any atom is 0.0850 e. The van der Waals surface area contributed by atoms with Crippen molar-refractivity contribution < 1.29 is 0 Å². The molecule has 0 fully saturated rings. The van der Waals surface area contributed by atoms with Gasteiger partial charge in [0, 0.05) is 13.2 Å². The topological polar surface area (TPSA) is 42.7 Å². The van der Waals surface area contributed by atoms with Crippen molar-refractivity contribution in [2.24, 2.45) is 0 Å². The molecule has 0 spiro atoms. The number of pyridine rings is 1. The number of nitrogens with one attached hydrogen (secondary N) is 1. The summed E-state index contributed by atoms with van der Waals surface area (Å²) in [6.07, 6.45) is 5.26. The molecule has 4 nitrogen and oxygen atoms in total. The highest BCUT2D eigenvalue weighted by Gasteiger charge is 2.04. The summed E-state index contributed by atoms with van der Waals surface area (Å²) in [6, 6.07) is 1.95. The van der Waals surface area contributed by atoms with E-state index in [1.807, 2.05) is 20.0 Å². The van der Waals surface area contributed by atoms with Gasteiger partial charge in [0.15, 0.2) is 0 Å². The van der Waals surface area contributed by atoms with Gasteiger partial charge in [-0.05, 0) is 13.0 Å². The molecule has 0 aliphatic rings. The molecule has 0 radical (unpaired) electrons. The average molecular weight is 223 g/mol. The van der Waals surface area contributed by atoms with Crippen LogP contribution in [0.15, 0.2) is 24.7 Å². The molecular formula is C10H11ClN4. The quantitative estimate of drug-likeness (QED) is 0.848. The standard InChI is InChI=1S/C10H11ClN4/c1-7-10(11)6-15(14-7)9-3-8(12-2)4-13-5-9/h3-6,12H,1-2H3. The van der Waals surface area contributed by atoms with E-state index >= 15 is 0 Å². The smallest absolute Gasteiger partial charge is 0.0850 e. The monoisotopic (exact) mass is 222 g/mol. The highest BCUT2D eigenvalue weighted by Crippen LogP contribution is 2.17. The van der Waals surface area contributed by atoms with Crippen molar-refractivity contribution in [3.8, 4) is 5.69 Å². The molecule has 2 aromatic rings. The van der Waals surface area contributed by atoms with E-state index < -0.39 is 0 Å². The van der Waals surface area contributed by atoms with E-state index in [-0.39, 0.29) is 0 Å². The number of anilines is 1. The second kappa shape index (κ2) is 3.90. The van der Waals surface area contributed by atoms with Crippen LogP contribution in [0, 0.1) is 6.92 Å². The van der Waals surface area contributed by atoms with Gasteiger partial charge in [-0.25, -0.2) is 4.68 Å². The molecule has 0 bridgehead atoms. The molecule has 5 heteroatoms. The lowest BCUT2D eigenvalue weighted by molar-refractivity contribution is 0.857. The molecule has 0 amide bonds. The fraction of sp³-hybridized carbons (Fsp3) is 0.200. The van der Waals surface area contributed by atoms with Crippen LogP contribution in [0.5, 0.6) is 0 Å². The molecule has 0 saturated carbocycles. The minimum absolute atomic E-state index is 0.657. The highest BCUT2D eigenvalue weighted by molar-refractivity contribution is 6.31. The number of rotatable bonds is 2. The predicted octanol–water partition coefficient (Wildman–Crippen LogP) is 2.27. The Balaban J connectivity index is 2.44. The summed E-state index contributed by atoms with van der Waals surface area (Å²) >= 11 is 5.93. The van der Waals surface area contributed by atoms with Crippen molar-refractivity contribution in [2.75, 3.05) is 12.4 Å². The number of nitrogens with zero attached hydrogens (tertiary/aromatic N) is 3. The van der Waals surface area contributed by atoms with E-state index in [1.165, 1.54) is 0 Å². The molecule has 2 aromatic heterocycles. The molecule has 0 aliphatic carbocycles. The Bertz CT molecular complexity index is 459. The van der Waals surface area contributed by atoms with E-state index in [0.29, 0.717) is 5.02 Å². The summed E-state index contributed by atoms with van der Waals surface area (Å²) in [6.45, 7) is 1.87. The van der Waals surface area contributed by atoms with E-state index in [9.17, 15) is 0 Å². The molecule has 78 valence electrons. The van der Waals surface area contributed by atoms with E-state index in [1.54, 1.807) is 23.3 Å². The van der Waals surface area contributed by atoms with Crippen molar-refractivity contribution in [3.05, 3.63) is 35.4 Å². The van der Waals surface area contributed by atoms with Crippen LogP contribution < -0.4 is 5.32 Å². The molecule has 0 saturated heterocycles. The second-order valence-electron chi connectivity index (χ2n) is 3.19. The van der Waals surface area contributed by atoms with Crippen LogP contribution >= 0.6 is 11.6 Å². The Morgan fingerprint density at radius 2 is 2.20 bits per heavy atom. The molecule has 0 aromatic carbocycles. The van der Waals surface area contributed by atoms with Gasteiger partial charge in [-0.3, -0.25) is 4.98 Å². The molecule has 15 heavy (non-hydrogen) atoms. The molecule has 2 heterocycles. The van der Waals surface area contributed by atoms with Crippen LogP contribution in [-0.4, -0.2) is 21.8 Å². The summed E-state index contributed by atoms with van der Waals surface area (Å²) in [4.78, 5) is 4.10. The van der Waals surface area contributed by atoms with Gasteiger partial charge in [0.05, 0.1) is 34.5 Å². The van der Waals surface area contributed by atoms with Gasteiger partial charge in [0.25, 0.3) is 0 Å². The lowest BCUT2D eigenvalue weighted by Crippen LogP contribution is -1.97. The van der Waals surface area contributed by atoms with Crippen molar-refractivity contribution in [2.45, 2.75) is 6.92 Å². The van der Waals surface area contributed by atoms with Crippen LogP contribution in [-0.2, 0) is 0 Å². The summed E-state index contributed by atoms with van der Waals surface area (Å²) in [5.74, 6) is 0. The Kier molecular flexibility index (Phi) is 2.60. The van der Waals surface area contributed by atoms with E-state index in [0.717, 1.165) is 17.1 Å². The number of aromatic nitrogens is 3. The van der Waals surface area contributed by atoms with Gasteiger partial charge in [-0.15, -0.1) is 0 Å². The molecule has 0 atom stereocenters. The number of hydrogen-bond donors (Lipinski definition) is 1. The molecular weight excluding hydrogens is 212 g/mol. The lowest BCUT2D eigenvalue weighted by Gasteiger charge is -2.03. The highest BCUT2D eigenvalue weighted by atomic mass is 35.5. The van der Waals surface area contributed by atoms with Crippen LogP contribution in [0.1, 0.15) is 5.69 Å². The maximum absolute atomic E-state index is 5.93. The van der Waals surface area contributed by atoms with Crippen LogP contribution in [0.3, 0.4) is 0 Å². The minimum atomic E-state index is 0.657. The van der Waals surface area contributed by atoms with Crippen molar-refractivity contribution in [1.82, 2.24) is 14.8 Å². The van der Waals surface area contributed by atoms with Gasteiger partial charge in [-0.2, -0.15) is 5.10 Å². The van der Waals surface area contributed by atoms with Gasteiger partial charge in [-0.1, -0.05) is 11.6 Å². The summed E-state index contributed by atoms with van der Waals surface area (Å²) in [5, 5.41) is 7.95. The zero-order valence-electron chi connectivity index (χ0n) is 8.53. The fourth-order valence-electron chi connectivity index (χ4n) is 1.26. The minimum Gasteiger partial charge on any atom is -0.387 e. The predicted molar refractivity (Wildman–Crippen MR) is 60.7 cm³/mol. The lowest BCUT2D eigenvalue weighted by atomic mass is 10.4. The number of halogens is 1. The maximum atomic E-state index is 5.93. The van der Waals surface area contributed by atoms with Crippen molar-refractivity contribution in [3.63, 3.8) is 0 Å². The Morgan fingerprint density at radius 1 is 1.40 bits per heavy atom. The molecule has 0 aliphatic heterocycles. The number of aryl methyl sites for hydroxylation is 1. The first-order chi connectivity index (χ1) is 7.20. The fourth-order valence-corrected chi connectivity index (χ4v) is 1.39. The van der Waals surface area contributed by atoms with Gasteiger partial charge in [0.2, 0.25) is 0 Å². The SMILES string of the molecule is CNc1cncc(-n2cc(Cl)c(C)n2)c1. The first kappa shape index (κ1) is 9.98. The van der Waals surface area contributed by atoms with Gasteiger partial charge in [0.1, 0.15) is 0 Å². The van der Waals surface area contributed by atoms with Crippen LogP contribution in [0.25, 0.3) is 5.69 Å². The van der Waals surface area contributed by atoms with Gasteiger partial charge >= 0.3 is 0 Å². The van der Waals surface area contributed by atoms with Crippen LogP contribution in [0.2, 0.25) is 5.02 Å². The van der Waals surface area contributed by atoms with E-state index in [4.69, 9.17) is 11.6 Å². The summed E-state index contributed by atoms with van der Waals surface area (Å²) in [5.41, 5.74) is 2.64. The zero-order chi connectivity index (χ0) is 10.8. The van der Waals surface area contributed by atoms with Crippen LogP contribution in [0.4, 0.5) is 5.69 Å². The molecule has 2 rings (SSSR count). The third-order valence-electron chi connectivity index (χ3n) is 2.12. The summed E-state index contributed by atoms with van der Waals surface area (Å²) in [7, 11) is 1.85. The largest absolute Gasteiger partial charge is 0.387 e. The van der Waals surface area contributed by atoms with Crippen molar-refractivity contribution >= 4 is 17.3 Å². The Hall–Kier alpha value is -1.55. The normalized spacial score (nSPS) is 10.3. The zero-order valence-corrected chi connectivity index (χ0v) is 9.28. The second-order valence-corrected chi connectivity index (χ2v) is 3.60. The number of hydrogen-bond acceptors (Lipinski definition) is 3. The Morgan fingerprint density at radius 3 is 2.80 bits per heavy atom. The molecule has 1 N–H and O–H groups in total. The van der Waals surface area contributed by atoms with E-state index in [2.05, 4.69) is 15.4 Å². The first-order valence-electron chi connectivity index (χ1n) is 4.55. The third kappa shape index (κ3) is 1.94. The first-order valence-corrected chi connectivity index (χ1v) is 4.93. The Labute approximate surface area is 92.9 Å². The van der Waals surface area contributed by atoms with Gasteiger partial charge < -0.3 is 5.32 Å². The van der Waals surface area contributed by atoms with Crippen molar-refractivity contribution in [1.29, 1.82) is 0 Å².